The summed E-state index contributed by atoms with van der Waals surface area (Å²) in [5, 5.41) is 21.2. The second-order valence-electron chi connectivity index (χ2n) is 11.5. The van der Waals surface area contributed by atoms with E-state index < -0.39 is 17.7 Å². The van der Waals surface area contributed by atoms with E-state index in [0.29, 0.717) is 50.9 Å². The minimum atomic E-state index is -0.948. The molecule has 2 aliphatic heterocycles. The third-order valence-electron chi connectivity index (χ3n) is 7.66. The molecule has 232 valence electrons. The van der Waals surface area contributed by atoms with Crippen LogP contribution in [-0.4, -0.2) is 39.7 Å². The lowest BCUT2D eigenvalue weighted by Crippen LogP contribution is -2.29. The lowest BCUT2D eigenvalue weighted by Gasteiger charge is -2.23. The van der Waals surface area contributed by atoms with E-state index in [1.807, 2.05) is 61.5 Å². The molecule has 6 rings (SSSR count). The zero-order chi connectivity index (χ0) is 31.7. The van der Waals surface area contributed by atoms with Gasteiger partial charge in [-0.05, 0) is 72.4 Å². The number of anilines is 1. The fourth-order valence-electron chi connectivity index (χ4n) is 5.37. The minimum Gasteiger partial charge on any atom is -0.507 e. The molecular weight excluding hydrogens is 630 g/mol. The van der Waals surface area contributed by atoms with Crippen molar-refractivity contribution in [2.24, 2.45) is 5.92 Å². The average molecular weight is 662 g/mol. The number of thioether (sulfide) groups is 1. The van der Waals surface area contributed by atoms with E-state index in [0.717, 1.165) is 23.3 Å². The van der Waals surface area contributed by atoms with Crippen molar-refractivity contribution < 1.29 is 24.2 Å². The van der Waals surface area contributed by atoms with Crippen LogP contribution >= 0.6 is 34.7 Å². The second-order valence-corrected chi connectivity index (χ2v) is 14.0. The molecule has 0 bridgehead atoms. The Balaban J connectivity index is 1.38. The number of carbonyl (C=O) groups excluding carboxylic acids is 2. The van der Waals surface area contributed by atoms with Gasteiger partial charge in [-0.15, -0.1) is 10.2 Å². The summed E-state index contributed by atoms with van der Waals surface area (Å²) >= 11 is 8.98. The van der Waals surface area contributed by atoms with Gasteiger partial charge in [0.05, 0.1) is 18.2 Å². The van der Waals surface area contributed by atoms with Crippen LogP contribution in [0.5, 0.6) is 11.5 Å². The molecule has 1 aromatic heterocycles. The molecule has 1 fully saturated rings. The monoisotopic (exact) mass is 661 g/mol. The molecule has 8 nitrogen and oxygen atoms in total. The van der Waals surface area contributed by atoms with E-state index in [9.17, 15) is 14.7 Å². The van der Waals surface area contributed by atoms with Gasteiger partial charge in [0.1, 0.15) is 23.4 Å². The fraction of sp³-hybridized carbons (Fsp3) is 0.294. The topological polar surface area (TPSA) is 102 Å². The summed E-state index contributed by atoms with van der Waals surface area (Å²) in [5.41, 5.74) is 2.90. The van der Waals surface area contributed by atoms with Crippen molar-refractivity contribution in [1.29, 1.82) is 0 Å². The molecule has 1 saturated heterocycles. The average Bonchev–Trinajstić information content (AvgIpc) is 3.71. The number of aromatic nitrogens is 2. The van der Waals surface area contributed by atoms with Crippen LogP contribution in [0.2, 0.25) is 5.02 Å². The molecule has 45 heavy (non-hydrogen) atoms. The molecule has 11 heteroatoms. The number of aliphatic hydroxyl groups excluding tert-OH is 1. The molecule has 1 N–H and O–H groups in total. The van der Waals surface area contributed by atoms with Crippen molar-refractivity contribution in [1.82, 2.24) is 10.2 Å². The minimum absolute atomic E-state index is 0.0174. The first kappa shape index (κ1) is 31.1. The molecule has 2 aliphatic rings. The van der Waals surface area contributed by atoms with Gasteiger partial charge in [0.2, 0.25) is 5.13 Å². The van der Waals surface area contributed by atoms with Crippen molar-refractivity contribution in [2.45, 2.75) is 55.9 Å². The zero-order valence-corrected chi connectivity index (χ0v) is 27.4. The molecule has 0 spiro atoms. The molecule has 1 amide bonds. The van der Waals surface area contributed by atoms with Crippen molar-refractivity contribution in [3.8, 4) is 11.5 Å². The highest BCUT2D eigenvalue weighted by Gasteiger charge is 2.48. The van der Waals surface area contributed by atoms with E-state index in [1.165, 1.54) is 28.0 Å². The first-order chi connectivity index (χ1) is 21.7. The van der Waals surface area contributed by atoms with Gasteiger partial charge < -0.3 is 14.6 Å². The molecule has 3 aromatic carbocycles. The van der Waals surface area contributed by atoms with Crippen LogP contribution in [0, 0.1) is 5.92 Å². The number of ether oxygens (including phenoxy) is 2. The summed E-state index contributed by atoms with van der Waals surface area (Å²) in [6.45, 7) is 6.76. The maximum atomic E-state index is 13.7. The molecular formula is C34H32ClN3O5S2. The number of nitrogens with zero attached hydrogens (tertiary/aromatic N) is 3. The van der Waals surface area contributed by atoms with E-state index in [1.54, 1.807) is 12.1 Å². The van der Waals surface area contributed by atoms with E-state index in [2.05, 4.69) is 24.0 Å². The summed E-state index contributed by atoms with van der Waals surface area (Å²) in [6.07, 6.45) is 1.58. The van der Waals surface area contributed by atoms with Crippen LogP contribution in [-0.2, 0) is 21.8 Å². The lowest BCUT2D eigenvalue weighted by atomic mass is 9.94. The number of hydrogen-bond acceptors (Lipinski definition) is 9. The van der Waals surface area contributed by atoms with Crippen molar-refractivity contribution >= 4 is 57.3 Å². The molecule has 0 saturated carbocycles. The number of aliphatic hydroxyl groups is 1. The number of halogens is 1. The van der Waals surface area contributed by atoms with Crippen LogP contribution in [0.4, 0.5) is 5.13 Å². The quantitative estimate of drug-likeness (QED) is 0.0603. The fourth-order valence-corrected chi connectivity index (χ4v) is 7.52. The Morgan fingerprint density at radius 2 is 1.96 bits per heavy atom. The Morgan fingerprint density at radius 3 is 2.76 bits per heavy atom. The lowest BCUT2D eigenvalue weighted by molar-refractivity contribution is -0.132. The van der Waals surface area contributed by atoms with Crippen molar-refractivity contribution in [2.75, 3.05) is 11.5 Å². The Morgan fingerprint density at radius 1 is 1.13 bits per heavy atom. The number of benzene rings is 3. The van der Waals surface area contributed by atoms with Gasteiger partial charge in [-0.1, -0.05) is 78.9 Å². The SMILES string of the molecule is CC(C)CCOc1cccc([C@@H]2/C(=C(\O)c3ccc4c(c3)C[C@H](C)O4)C(=O)C(=O)N2c2nnc(SCc3ccccc3Cl)s2)c1. The Hall–Kier alpha value is -3.86. The highest BCUT2D eigenvalue weighted by molar-refractivity contribution is 8.00. The summed E-state index contributed by atoms with van der Waals surface area (Å²) in [7, 11) is 0. The number of carbonyl (C=O) groups is 2. The zero-order valence-electron chi connectivity index (χ0n) is 25.0. The highest BCUT2D eigenvalue weighted by Crippen LogP contribution is 2.45. The molecule has 0 unspecified atom stereocenters. The van der Waals surface area contributed by atoms with Crippen LogP contribution in [0.3, 0.4) is 0 Å². The van der Waals surface area contributed by atoms with Gasteiger partial charge >= 0.3 is 5.91 Å². The van der Waals surface area contributed by atoms with Gasteiger partial charge in [0.15, 0.2) is 4.34 Å². The first-order valence-corrected chi connectivity index (χ1v) is 16.9. The predicted octanol–water partition coefficient (Wildman–Crippen LogP) is 7.86. The summed E-state index contributed by atoms with van der Waals surface area (Å²) in [4.78, 5) is 28.8. The predicted molar refractivity (Wildman–Crippen MR) is 177 cm³/mol. The maximum absolute atomic E-state index is 13.7. The standard InChI is InChI=1S/C34H32ClN3O5S2/c1-19(2)13-14-42-25-9-6-8-21(17-25)29-28(30(39)22-11-12-27-24(16-22)15-20(3)43-27)31(40)32(41)38(29)33-36-37-34(45-33)44-18-23-7-4-5-10-26(23)35/h4-12,16-17,19-20,29,39H,13-15,18H2,1-3H3/b30-28+/t20-,29+/m0/s1. The second kappa shape index (κ2) is 13.2. The number of hydrogen-bond donors (Lipinski definition) is 1. The number of fused-ring (bicyclic) bond motifs is 1. The van der Waals surface area contributed by atoms with Crippen LogP contribution in [0.25, 0.3) is 5.76 Å². The molecule has 0 radical (unpaired) electrons. The van der Waals surface area contributed by atoms with E-state index in [4.69, 9.17) is 21.1 Å². The molecule has 4 aromatic rings. The van der Waals surface area contributed by atoms with Crippen molar-refractivity contribution in [3.63, 3.8) is 0 Å². The Labute approximate surface area is 275 Å². The van der Waals surface area contributed by atoms with Gasteiger partial charge in [0.25, 0.3) is 5.78 Å². The molecule has 2 atom stereocenters. The number of ketones is 1. The third kappa shape index (κ3) is 6.59. The highest BCUT2D eigenvalue weighted by atomic mass is 35.5. The van der Waals surface area contributed by atoms with Crippen LogP contribution < -0.4 is 14.4 Å². The molecule has 3 heterocycles. The van der Waals surface area contributed by atoms with E-state index >= 15 is 0 Å². The van der Waals surface area contributed by atoms with Crippen LogP contribution in [0.1, 0.15) is 55.5 Å². The van der Waals surface area contributed by atoms with Crippen molar-refractivity contribution in [3.05, 3.63) is 99.6 Å². The number of Topliss-reactive ketones (excluding diaryl/α,β-unsaturated/α-hetero) is 1. The van der Waals surface area contributed by atoms with Gasteiger partial charge in [0, 0.05) is 22.8 Å². The van der Waals surface area contributed by atoms with E-state index in [-0.39, 0.29) is 22.6 Å². The largest absolute Gasteiger partial charge is 0.507 e. The molecule has 0 aliphatic carbocycles. The summed E-state index contributed by atoms with van der Waals surface area (Å²) in [6, 6.07) is 19.2. The van der Waals surface area contributed by atoms with Crippen LogP contribution in [0.15, 0.2) is 76.6 Å². The number of rotatable bonds is 10. The van der Waals surface area contributed by atoms with Gasteiger partial charge in [-0.2, -0.15) is 0 Å². The maximum Gasteiger partial charge on any atom is 0.301 e. The van der Waals surface area contributed by atoms with Gasteiger partial charge in [-0.3, -0.25) is 14.5 Å². The third-order valence-corrected chi connectivity index (χ3v) is 10.1. The Kier molecular flexibility index (Phi) is 9.16. The first-order valence-electron chi connectivity index (χ1n) is 14.7. The normalized spacial score (nSPS) is 18.8. The Bertz CT molecular complexity index is 1790. The number of amides is 1. The smallest absolute Gasteiger partial charge is 0.301 e. The summed E-state index contributed by atoms with van der Waals surface area (Å²) < 4.78 is 12.5. The summed E-state index contributed by atoms with van der Waals surface area (Å²) in [5.74, 6) is 0.551. The van der Waals surface area contributed by atoms with Gasteiger partial charge in [-0.25, -0.2) is 0 Å².